The molecule has 2 aromatic carbocycles. The van der Waals surface area contributed by atoms with Gasteiger partial charge in [0.1, 0.15) is 0 Å². The van der Waals surface area contributed by atoms with E-state index in [0.29, 0.717) is 19.4 Å². The molecule has 0 saturated heterocycles. The van der Waals surface area contributed by atoms with Crippen LogP contribution in [-0.4, -0.2) is 34.3 Å². The Labute approximate surface area is 177 Å². The number of para-hydroxylation sites is 2. The topological polar surface area (TPSA) is 80.3 Å². The first-order valence-electron chi connectivity index (χ1n) is 9.92. The molecule has 1 heterocycles. The molecule has 0 spiro atoms. The van der Waals surface area contributed by atoms with Crippen LogP contribution in [0.4, 0.5) is 0 Å². The minimum absolute atomic E-state index is 0. The van der Waals surface area contributed by atoms with E-state index in [2.05, 4.69) is 53.2 Å². The number of aliphatic hydroxyl groups excluding tert-OH is 1. The Bertz CT molecular complexity index is 976. The first-order valence-corrected chi connectivity index (χ1v) is 9.92. The van der Waals surface area contributed by atoms with Crippen LogP contribution in [0, 0.1) is 12.8 Å². The van der Waals surface area contributed by atoms with Gasteiger partial charge in [0.2, 0.25) is 5.91 Å². The summed E-state index contributed by atoms with van der Waals surface area (Å²) >= 11 is 0. The summed E-state index contributed by atoms with van der Waals surface area (Å²) in [7, 11) is 0. The van der Waals surface area contributed by atoms with E-state index < -0.39 is 6.10 Å². The molecule has 1 amide bonds. The highest BCUT2D eigenvalue weighted by molar-refractivity contribution is 5.87. The third kappa shape index (κ3) is 4.17. The van der Waals surface area contributed by atoms with Crippen LogP contribution in [-0.2, 0) is 11.2 Å². The summed E-state index contributed by atoms with van der Waals surface area (Å²) in [5.74, 6) is -0.187. The van der Waals surface area contributed by atoms with Crippen LogP contribution in [0.5, 0.6) is 0 Å². The second-order valence-corrected chi connectivity index (χ2v) is 7.69. The third-order valence-corrected chi connectivity index (χ3v) is 5.88. The molecule has 0 unspecified atom stereocenters. The highest BCUT2D eigenvalue weighted by Gasteiger charge is 2.34. The summed E-state index contributed by atoms with van der Waals surface area (Å²) in [5, 5.41) is 14.0. The molecular weight excluding hydrogens is 386 g/mol. The minimum atomic E-state index is -0.568. The summed E-state index contributed by atoms with van der Waals surface area (Å²) in [6, 6.07) is 18.4. The molecule has 0 radical (unpaired) electrons. The number of benzene rings is 2. The van der Waals surface area contributed by atoms with Gasteiger partial charge in [-0.25, -0.2) is 0 Å². The van der Waals surface area contributed by atoms with Crippen molar-refractivity contribution in [3.63, 3.8) is 0 Å². The number of halogens is 1. The summed E-state index contributed by atoms with van der Waals surface area (Å²) in [4.78, 5) is 12.4. The molecule has 6 heteroatoms. The largest absolute Gasteiger partial charge is 0.391 e. The van der Waals surface area contributed by atoms with Gasteiger partial charge in [-0.05, 0) is 49.9 Å². The molecule has 0 bridgehead atoms. The Morgan fingerprint density at radius 2 is 1.83 bits per heavy atom. The lowest BCUT2D eigenvalue weighted by atomic mass is 10.1. The number of fused-ring (bicyclic) bond motifs is 1. The smallest absolute Gasteiger partial charge is 0.223 e. The van der Waals surface area contributed by atoms with E-state index in [0.717, 1.165) is 12.1 Å². The van der Waals surface area contributed by atoms with Gasteiger partial charge in [-0.3, -0.25) is 4.79 Å². The van der Waals surface area contributed by atoms with Gasteiger partial charge in [-0.1, -0.05) is 36.4 Å². The maximum Gasteiger partial charge on any atom is 0.223 e. The Kier molecular flexibility index (Phi) is 6.63. The van der Waals surface area contributed by atoms with Gasteiger partial charge < -0.3 is 20.7 Å². The van der Waals surface area contributed by atoms with Gasteiger partial charge in [0.25, 0.3) is 0 Å². The zero-order valence-electron chi connectivity index (χ0n) is 16.5. The Hall–Kier alpha value is -2.34. The van der Waals surface area contributed by atoms with Crippen LogP contribution in [0.1, 0.15) is 24.1 Å². The van der Waals surface area contributed by atoms with Gasteiger partial charge in [-0.15, -0.1) is 12.4 Å². The fourth-order valence-electron chi connectivity index (χ4n) is 4.38. The molecule has 1 saturated carbocycles. The number of aliphatic hydroxyl groups is 1. The summed E-state index contributed by atoms with van der Waals surface area (Å²) in [6.07, 6.45) is 1.21. The standard InChI is InChI=1S/C23H27N3O2.ClH/c1-15-18(11-12-25-23(28)16-13-20(24)22(27)14-16)19-9-5-6-10-21(19)26(15)17-7-3-2-4-8-17;/h2-10,16,20,22,27H,11-14,24H2,1H3,(H,25,28);1H/t16-,20-,22-;/m0./s1. The molecule has 0 aliphatic heterocycles. The van der Waals surface area contributed by atoms with Crippen molar-refractivity contribution in [3.05, 3.63) is 65.9 Å². The van der Waals surface area contributed by atoms with Crippen molar-refractivity contribution in [2.45, 2.75) is 38.3 Å². The zero-order valence-corrected chi connectivity index (χ0v) is 17.4. The predicted octanol–water partition coefficient (Wildman–Crippen LogP) is 3.12. The monoisotopic (exact) mass is 413 g/mol. The first kappa shape index (κ1) is 21.4. The van der Waals surface area contributed by atoms with Crippen molar-refractivity contribution < 1.29 is 9.90 Å². The molecule has 29 heavy (non-hydrogen) atoms. The SMILES string of the molecule is Cc1c(CCNC(=O)[C@H]2C[C@H](N)[C@@H](O)C2)c2ccccc2n1-c1ccccc1.Cl. The number of nitrogens with two attached hydrogens (primary N) is 1. The number of hydrogen-bond donors (Lipinski definition) is 3. The number of nitrogens with zero attached hydrogens (tertiary/aromatic N) is 1. The number of aromatic nitrogens is 1. The molecule has 1 aliphatic rings. The fraction of sp³-hybridized carbons (Fsp3) is 0.348. The Morgan fingerprint density at radius 3 is 2.52 bits per heavy atom. The molecule has 5 nitrogen and oxygen atoms in total. The number of nitrogens with one attached hydrogen (secondary N) is 1. The van der Waals surface area contributed by atoms with E-state index in [4.69, 9.17) is 5.73 Å². The van der Waals surface area contributed by atoms with Crippen LogP contribution in [0.2, 0.25) is 0 Å². The molecule has 1 aromatic heterocycles. The van der Waals surface area contributed by atoms with Crippen LogP contribution >= 0.6 is 12.4 Å². The number of rotatable bonds is 5. The van der Waals surface area contributed by atoms with Crippen molar-refractivity contribution in [1.29, 1.82) is 0 Å². The summed E-state index contributed by atoms with van der Waals surface area (Å²) < 4.78 is 2.28. The molecule has 4 rings (SSSR count). The molecule has 154 valence electrons. The van der Waals surface area contributed by atoms with Gasteiger partial charge in [0.15, 0.2) is 0 Å². The van der Waals surface area contributed by atoms with E-state index in [9.17, 15) is 9.90 Å². The summed E-state index contributed by atoms with van der Waals surface area (Å²) in [5.41, 5.74) is 10.6. The van der Waals surface area contributed by atoms with Gasteiger partial charge in [-0.2, -0.15) is 0 Å². The van der Waals surface area contributed by atoms with E-state index in [-0.39, 0.29) is 30.3 Å². The highest BCUT2D eigenvalue weighted by Crippen LogP contribution is 2.29. The number of carbonyl (C=O) groups excluding carboxylic acids is 1. The zero-order chi connectivity index (χ0) is 19.7. The quantitative estimate of drug-likeness (QED) is 0.601. The summed E-state index contributed by atoms with van der Waals surface area (Å²) in [6.45, 7) is 2.71. The number of hydrogen-bond acceptors (Lipinski definition) is 3. The second-order valence-electron chi connectivity index (χ2n) is 7.69. The Morgan fingerprint density at radius 1 is 1.14 bits per heavy atom. The third-order valence-electron chi connectivity index (χ3n) is 5.88. The second kappa shape index (κ2) is 8.99. The van der Waals surface area contributed by atoms with Crippen LogP contribution in [0.3, 0.4) is 0 Å². The first-order chi connectivity index (χ1) is 13.6. The predicted molar refractivity (Wildman–Crippen MR) is 119 cm³/mol. The normalized spacial score (nSPS) is 21.1. The lowest BCUT2D eigenvalue weighted by Gasteiger charge is -2.11. The van der Waals surface area contributed by atoms with Crippen molar-refractivity contribution in [3.8, 4) is 5.69 Å². The molecular formula is C23H28ClN3O2. The molecule has 3 atom stereocenters. The highest BCUT2D eigenvalue weighted by atomic mass is 35.5. The average molecular weight is 414 g/mol. The van der Waals surface area contributed by atoms with Crippen LogP contribution in [0.25, 0.3) is 16.6 Å². The van der Waals surface area contributed by atoms with E-state index in [1.165, 1.54) is 22.2 Å². The molecule has 1 fully saturated rings. The Balaban J connectivity index is 0.00000240. The van der Waals surface area contributed by atoms with Crippen molar-refractivity contribution in [2.75, 3.05) is 6.54 Å². The van der Waals surface area contributed by atoms with Gasteiger partial charge >= 0.3 is 0 Å². The van der Waals surface area contributed by atoms with Crippen molar-refractivity contribution in [1.82, 2.24) is 9.88 Å². The minimum Gasteiger partial charge on any atom is -0.391 e. The average Bonchev–Trinajstić information content (AvgIpc) is 3.19. The van der Waals surface area contributed by atoms with Crippen molar-refractivity contribution >= 4 is 29.2 Å². The maximum atomic E-state index is 12.4. The number of carbonyl (C=O) groups is 1. The maximum absolute atomic E-state index is 12.4. The van der Waals surface area contributed by atoms with Gasteiger partial charge in [0.05, 0.1) is 11.6 Å². The molecule has 3 aromatic rings. The van der Waals surface area contributed by atoms with E-state index in [1.807, 2.05) is 18.2 Å². The fourth-order valence-corrected chi connectivity index (χ4v) is 4.38. The molecule has 1 aliphatic carbocycles. The number of amides is 1. The van der Waals surface area contributed by atoms with Crippen LogP contribution in [0.15, 0.2) is 54.6 Å². The van der Waals surface area contributed by atoms with E-state index in [1.54, 1.807) is 0 Å². The van der Waals surface area contributed by atoms with Crippen molar-refractivity contribution in [2.24, 2.45) is 11.7 Å². The van der Waals surface area contributed by atoms with E-state index >= 15 is 0 Å². The lowest BCUT2D eigenvalue weighted by Crippen LogP contribution is -2.32. The van der Waals surface area contributed by atoms with Crippen LogP contribution < -0.4 is 11.1 Å². The molecule has 4 N–H and O–H groups in total. The lowest BCUT2D eigenvalue weighted by molar-refractivity contribution is -0.125. The van der Waals surface area contributed by atoms with Gasteiger partial charge in [0, 0.05) is 35.3 Å².